The maximum absolute atomic E-state index is 11.9. The smallest absolute Gasteiger partial charge is 0.264 e. The molecule has 0 bridgehead atoms. The average Bonchev–Trinajstić information content (AvgIpc) is 2.98. The molecule has 1 N–H and O–H groups in total. The lowest BCUT2D eigenvalue weighted by Crippen LogP contribution is -2.22. The molecule has 0 atom stereocenters. The van der Waals surface area contributed by atoms with Gasteiger partial charge in [0.25, 0.3) is 5.91 Å². The molecule has 0 radical (unpaired) electrons. The Kier molecular flexibility index (Phi) is 3.96. The van der Waals surface area contributed by atoms with E-state index >= 15 is 0 Å². The first kappa shape index (κ1) is 13.5. The highest BCUT2D eigenvalue weighted by Gasteiger charge is 2.25. The van der Waals surface area contributed by atoms with E-state index in [4.69, 9.17) is 4.42 Å². The molecule has 20 heavy (non-hydrogen) atoms. The molecule has 106 valence electrons. The van der Waals surface area contributed by atoms with Gasteiger partial charge in [0.15, 0.2) is 5.17 Å². The average molecular weight is 290 g/mol. The van der Waals surface area contributed by atoms with Gasteiger partial charge < -0.3 is 9.73 Å². The van der Waals surface area contributed by atoms with Crippen LogP contribution >= 0.6 is 11.8 Å². The van der Waals surface area contributed by atoms with Crippen LogP contribution in [0.2, 0.25) is 0 Å². The molecule has 4 nitrogen and oxygen atoms in total. The number of carbonyl (C=O) groups excluding carboxylic acids is 1. The highest BCUT2D eigenvalue weighted by molar-refractivity contribution is 8.18. The van der Waals surface area contributed by atoms with Crippen molar-refractivity contribution >= 4 is 28.9 Å². The summed E-state index contributed by atoms with van der Waals surface area (Å²) in [4.78, 5) is 17.2. The minimum absolute atomic E-state index is 0.0846. The van der Waals surface area contributed by atoms with Gasteiger partial charge in [0, 0.05) is 6.08 Å². The second-order valence-corrected chi connectivity index (χ2v) is 6.27. The van der Waals surface area contributed by atoms with Crippen LogP contribution in [-0.4, -0.2) is 17.1 Å². The van der Waals surface area contributed by atoms with Crippen LogP contribution in [0.1, 0.15) is 43.6 Å². The number of furan rings is 1. The third-order valence-corrected chi connectivity index (χ3v) is 4.48. The Bertz CT molecular complexity index is 568. The molecule has 0 spiro atoms. The number of nitrogens with zero attached hydrogens (tertiary/aromatic N) is 1. The monoisotopic (exact) mass is 290 g/mol. The first-order chi connectivity index (χ1) is 9.70. The van der Waals surface area contributed by atoms with Gasteiger partial charge in [0.05, 0.1) is 10.9 Å². The number of hydrogen-bond donors (Lipinski definition) is 1. The van der Waals surface area contributed by atoms with Gasteiger partial charge in [-0.2, -0.15) is 0 Å². The summed E-state index contributed by atoms with van der Waals surface area (Å²) >= 11 is 1.41. The van der Waals surface area contributed by atoms with Crippen LogP contribution in [0.3, 0.4) is 0 Å². The van der Waals surface area contributed by atoms with Crippen LogP contribution in [0.15, 0.2) is 26.4 Å². The minimum Gasteiger partial charge on any atom is -0.462 e. The molecule has 0 unspecified atom stereocenters. The Morgan fingerprint density at radius 2 is 2.15 bits per heavy atom. The molecule has 1 aliphatic carbocycles. The van der Waals surface area contributed by atoms with E-state index in [1.807, 2.05) is 19.1 Å². The normalized spacial score (nSPS) is 24.6. The van der Waals surface area contributed by atoms with E-state index in [0.717, 1.165) is 23.8 Å². The topological polar surface area (TPSA) is 54.6 Å². The molecule has 2 fully saturated rings. The third-order valence-electron chi connectivity index (χ3n) is 3.56. The van der Waals surface area contributed by atoms with Gasteiger partial charge in [-0.25, -0.2) is 0 Å². The van der Waals surface area contributed by atoms with Crippen molar-refractivity contribution in [1.82, 2.24) is 5.32 Å². The molecule has 2 aliphatic rings. The quantitative estimate of drug-likeness (QED) is 0.848. The lowest BCUT2D eigenvalue weighted by atomic mass is 9.96. The Hall–Kier alpha value is -1.49. The summed E-state index contributed by atoms with van der Waals surface area (Å²) in [6, 6.07) is 4.13. The Labute approximate surface area is 122 Å². The zero-order chi connectivity index (χ0) is 13.9. The first-order valence-electron chi connectivity index (χ1n) is 7.06. The van der Waals surface area contributed by atoms with Crippen molar-refractivity contribution in [2.45, 2.75) is 45.1 Å². The van der Waals surface area contributed by atoms with Gasteiger partial charge in [-0.15, -0.1) is 0 Å². The number of nitrogens with one attached hydrogen (secondary N) is 1. The highest BCUT2D eigenvalue weighted by Crippen LogP contribution is 2.28. The van der Waals surface area contributed by atoms with E-state index in [2.05, 4.69) is 10.3 Å². The van der Waals surface area contributed by atoms with Crippen LogP contribution in [0, 0.1) is 6.92 Å². The molecule has 1 aromatic rings. The van der Waals surface area contributed by atoms with E-state index < -0.39 is 0 Å². The number of amides is 1. The minimum atomic E-state index is -0.0846. The molecule has 1 amide bonds. The van der Waals surface area contributed by atoms with Crippen LogP contribution in [0.5, 0.6) is 0 Å². The van der Waals surface area contributed by atoms with Crippen molar-refractivity contribution in [3.63, 3.8) is 0 Å². The Balaban J connectivity index is 1.71. The predicted octanol–water partition coefficient (Wildman–Crippen LogP) is 3.48. The highest BCUT2D eigenvalue weighted by atomic mass is 32.2. The van der Waals surface area contributed by atoms with Crippen molar-refractivity contribution in [2.75, 3.05) is 0 Å². The van der Waals surface area contributed by atoms with Crippen LogP contribution in [0.4, 0.5) is 0 Å². The number of thioether (sulfide) groups is 1. The SMILES string of the molecule is Cc1ccc(/C=C2\SC(=NC3CCCCC3)NC2=O)o1. The second kappa shape index (κ2) is 5.87. The fourth-order valence-corrected chi connectivity index (χ4v) is 3.40. The number of rotatable bonds is 2. The van der Waals surface area contributed by atoms with Crippen molar-refractivity contribution < 1.29 is 9.21 Å². The third kappa shape index (κ3) is 3.15. The standard InChI is InChI=1S/C15H18N2O2S/c1-10-7-8-12(19-10)9-13-14(18)17-15(20-13)16-11-5-3-2-4-6-11/h7-9,11H,2-6H2,1H3,(H,16,17,18)/b13-9-. The summed E-state index contributed by atoms with van der Waals surface area (Å²) in [5, 5.41) is 3.58. The summed E-state index contributed by atoms with van der Waals surface area (Å²) in [5.41, 5.74) is 0. The molecule has 1 saturated heterocycles. The molecular weight excluding hydrogens is 272 g/mol. The number of amidine groups is 1. The number of aliphatic imine (C=N–C) groups is 1. The second-order valence-electron chi connectivity index (χ2n) is 5.24. The Morgan fingerprint density at radius 3 is 2.85 bits per heavy atom. The predicted molar refractivity (Wildman–Crippen MR) is 81.5 cm³/mol. The summed E-state index contributed by atoms with van der Waals surface area (Å²) in [6.45, 7) is 1.89. The molecule has 1 aliphatic heterocycles. The zero-order valence-electron chi connectivity index (χ0n) is 11.5. The zero-order valence-corrected chi connectivity index (χ0v) is 12.3. The molecule has 0 aromatic carbocycles. The largest absolute Gasteiger partial charge is 0.462 e. The summed E-state index contributed by atoms with van der Waals surface area (Å²) in [7, 11) is 0. The van der Waals surface area contributed by atoms with Crippen molar-refractivity contribution in [3.8, 4) is 0 Å². The summed E-state index contributed by atoms with van der Waals surface area (Å²) < 4.78 is 5.47. The lowest BCUT2D eigenvalue weighted by Gasteiger charge is -2.17. The van der Waals surface area contributed by atoms with E-state index in [0.29, 0.717) is 16.7 Å². The fraction of sp³-hybridized carbons (Fsp3) is 0.467. The molecule has 2 heterocycles. The number of aryl methyl sites for hydroxylation is 1. The van der Waals surface area contributed by atoms with Crippen LogP contribution in [-0.2, 0) is 4.79 Å². The van der Waals surface area contributed by atoms with Gasteiger partial charge >= 0.3 is 0 Å². The fourth-order valence-electron chi connectivity index (χ4n) is 2.52. The molecule has 3 rings (SSSR count). The van der Waals surface area contributed by atoms with Gasteiger partial charge in [-0.05, 0) is 43.7 Å². The lowest BCUT2D eigenvalue weighted by molar-refractivity contribution is -0.115. The van der Waals surface area contributed by atoms with Gasteiger partial charge in [-0.3, -0.25) is 9.79 Å². The summed E-state index contributed by atoms with van der Waals surface area (Å²) in [6.07, 6.45) is 7.84. The molecule has 5 heteroatoms. The van der Waals surface area contributed by atoms with E-state index in [-0.39, 0.29) is 5.91 Å². The van der Waals surface area contributed by atoms with Gasteiger partial charge in [0.2, 0.25) is 0 Å². The van der Waals surface area contributed by atoms with Crippen LogP contribution in [0.25, 0.3) is 6.08 Å². The van der Waals surface area contributed by atoms with E-state index in [1.165, 1.54) is 31.0 Å². The van der Waals surface area contributed by atoms with E-state index in [1.54, 1.807) is 6.08 Å². The maximum Gasteiger partial charge on any atom is 0.264 e. The number of carbonyl (C=O) groups is 1. The summed E-state index contributed by atoms with van der Waals surface area (Å²) in [5.74, 6) is 1.47. The molecular formula is C15H18N2O2S. The van der Waals surface area contributed by atoms with Crippen LogP contribution < -0.4 is 5.32 Å². The van der Waals surface area contributed by atoms with Crippen molar-refractivity contribution in [2.24, 2.45) is 4.99 Å². The number of hydrogen-bond acceptors (Lipinski definition) is 4. The van der Waals surface area contributed by atoms with Crippen molar-refractivity contribution in [1.29, 1.82) is 0 Å². The molecule has 1 saturated carbocycles. The Morgan fingerprint density at radius 1 is 1.35 bits per heavy atom. The van der Waals surface area contributed by atoms with Crippen molar-refractivity contribution in [3.05, 3.63) is 28.6 Å². The van der Waals surface area contributed by atoms with E-state index in [9.17, 15) is 4.79 Å². The first-order valence-corrected chi connectivity index (χ1v) is 7.87. The molecule has 1 aromatic heterocycles. The van der Waals surface area contributed by atoms with Gasteiger partial charge in [0.1, 0.15) is 11.5 Å². The maximum atomic E-state index is 11.9. The van der Waals surface area contributed by atoms with Gasteiger partial charge in [-0.1, -0.05) is 19.3 Å².